The van der Waals surface area contributed by atoms with Gasteiger partial charge in [-0.1, -0.05) is 0 Å². The Labute approximate surface area is 176 Å². The summed E-state index contributed by atoms with van der Waals surface area (Å²) in [5.74, 6) is 0.823. The molecule has 0 spiro atoms. The first kappa shape index (κ1) is 22.9. The van der Waals surface area contributed by atoms with Crippen LogP contribution < -0.4 is 0 Å². The maximum absolute atomic E-state index is 12.9. The van der Waals surface area contributed by atoms with Crippen LogP contribution in [0.25, 0.3) is 0 Å². The Hall–Kier alpha value is -0.770. The molecule has 8 nitrogen and oxygen atoms in total. The van der Waals surface area contributed by atoms with Crippen molar-refractivity contribution in [2.24, 2.45) is 5.92 Å². The highest BCUT2D eigenvalue weighted by molar-refractivity contribution is 5.76. The quantitative estimate of drug-likeness (QED) is 0.513. The predicted molar refractivity (Wildman–Crippen MR) is 112 cm³/mol. The summed E-state index contributed by atoms with van der Waals surface area (Å²) in [5.41, 5.74) is 0. The summed E-state index contributed by atoms with van der Waals surface area (Å²) in [6, 6.07) is 0.225. The number of hydrogen-bond donors (Lipinski definition) is 0. The molecule has 0 aliphatic carbocycles. The number of ether oxygens (including phenoxy) is 3. The molecule has 29 heavy (non-hydrogen) atoms. The van der Waals surface area contributed by atoms with Crippen LogP contribution in [-0.4, -0.2) is 138 Å². The van der Waals surface area contributed by atoms with Crippen LogP contribution in [0.2, 0.25) is 0 Å². The lowest BCUT2D eigenvalue weighted by molar-refractivity contribution is -0.150. The molecule has 0 aromatic carbocycles. The Bertz CT molecular complexity index is 523. The second kappa shape index (κ2) is 11.0. The molecule has 0 bridgehead atoms. The molecule has 3 aliphatic heterocycles. The monoisotopic (exact) mass is 412 g/mol. The fourth-order valence-corrected chi connectivity index (χ4v) is 4.82. The van der Waals surface area contributed by atoms with E-state index in [4.69, 9.17) is 14.2 Å². The fourth-order valence-electron chi connectivity index (χ4n) is 4.82. The van der Waals surface area contributed by atoms with E-state index in [1.54, 1.807) is 7.11 Å². The van der Waals surface area contributed by atoms with E-state index in [0.717, 1.165) is 52.2 Å². The number of likely N-dealkylation sites (tertiary alicyclic amines) is 1. The van der Waals surface area contributed by atoms with E-state index in [-0.39, 0.29) is 18.2 Å². The molecule has 0 N–H and O–H groups in total. The van der Waals surface area contributed by atoms with Gasteiger partial charge in [0, 0.05) is 52.8 Å². The molecule has 3 heterocycles. The van der Waals surface area contributed by atoms with Crippen LogP contribution in [0.15, 0.2) is 0 Å². The van der Waals surface area contributed by atoms with Gasteiger partial charge in [0.05, 0.1) is 38.1 Å². The van der Waals surface area contributed by atoms with Gasteiger partial charge in [0.25, 0.3) is 0 Å². The van der Waals surface area contributed by atoms with Crippen LogP contribution in [0.4, 0.5) is 0 Å². The molecule has 4 atom stereocenters. The van der Waals surface area contributed by atoms with E-state index in [1.165, 1.54) is 0 Å². The molecule has 0 aromatic rings. The second-order valence-corrected chi connectivity index (χ2v) is 9.09. The molecule has 0 saturated carbocycles. The lowest BCUT2D eigenvalue weighted by Crippen LogP contribution is -2.62. The minimum absolute atomic E-state index is 0.0594. The molecule has 3 fully saturated rings. The van der Waals surface area contributed by atoms with Crippen LogP contribution in [0.1, 0.15) is 12.8 Å². The van der Waals surface area contributed by atoms with Crippen molar-refractivity contribution in [2.75, 3.05) is 93.9 Å². The van der Waals surface area contributed by atoms with E-state index >= 15 is 0 Å². The van der Waals surface area contributed by atoms with Crippen LogP contribution in [0.5, 0.6) is 0 Å². The molecule has 3 saturated heterocycles. The number of methoxy groups -OCH3 is 1. The fraction of sp³-hybridized carbons (Fsp3) is 0.952. The third-order valence-corrected chi connectivity index (χ3v) is 6.54. The van der Waals surface area contributed by atoms with E-state index in [0.29, 0.717) is 38.1 Å². The van der Waals surface area contributed by atoms with Crippen LogP contribution in [0.3, 0.4) is 0 Å². The van der Waals surface area contributed by atoms with Gasteiger partial charge in [0.15, 0.2) is 0 Å². The van der Waals surface area contributed by atoms with Gasteiger partial charge in [-0.2, -0.15) is 0 Å². The molecule has 0 aromatic heterocycles. The van der Waals surface area contributed by atoms with Gasteiger partial charge in [0.2, 0.25) is 5.91 Å². The Kier molecular flexibility index (Phi) is 8.70. The van der Waals surface area contributed by atoms with Crippen molar-refractivity contribution in [3.63, 3.8) is 0 Å². The third kappa shape index (κ3) is 6.60. The van der Waals surface area contributed by atoms with Crippen molar-refractivity contribution in [3.05, 3.63) is 0 Å². The molecule has 8 heteroatoms. The van der Waals surface area contributed by atoms with Gasteiger partial charge in [-0.25, -0.2) is 0 Å². The lowest BCUT2D eigenvalue weighted by atomic mass is 10.0. The summed E-state index contributed by atoms with van der Waals surface area (Å²) in [4.78, 5) is 22.0. The zero-order chi connectivity index (χ0) is 20.8. The summed E-state index contributed by atoms with van der Waals surface area (Å²) in [6.07, 6.45) is 1.97. The van der Waals surface area contributed by atoms with Gasteiger partial charge < -0.3 is 28.9 Å². The molecule has 4 unspecified atom stereocenters. The first-order chi connectivity index (χ1) is 14.0. The van der Waals surface area contributed by atoms with Crippen LogP contribution >= 0.6 is 0 Å². The van der Waals surface area contributed by atoms with Gasteiger partial charge >= 0.3 is 0 Å². The van der Waals surface area contributed by atoms with Gasteiger partial charge in [-0.05, 0) is 40.0 Å². The van der Waals surface area contributed by atoms with E-state index in [9.17, 15) is 4.79 Å². The lowest BCUT2D eigenvalue weighted by Gasteiger charge is -2.47. The highest BCUT2D eigenvalue weighted by Crippen LogP contribution is 2.23. The number of nitrogens with zero attached hydrogens (tertiary/aromatic N) is 4. The molecule has 3 rings (SSSR count). The molecular formula is C21H40N4O4. The summed E-state index contributed by atoms with van der Waals surface area (Å²) in [6.45, 7) is 8.17. The molecule has 168 valence electrons. The normalized spacial score (nSPS) is 32.8. The highest BCUT2D eigenvalue weighted by Gasteiger charge is 2.38. The number of hydrogen-bond acceptors (Lipinski definition) is 7. The maximum atomic E-state index is 12.9. The van der Waals surface area contributed by atoms with Crippen molar-refractivity contribution in [1.82, 2.24) is 19.6 Å². The predicted octanol–water partition coefficient (Wildman–Crippen LogP) is -0.167. The average Bonchev–Trinajstić information content (AvgIpc) is 3.09. The largest absolute Gasteiger partial charge is 0.382 e. The topological polar surface area (TPSA) is 57.7 Å². The Morgan fingerprint density at radius 3 is 2.55 bits per heavy atom. The minimum atomic E-state index is 0.0594. The highest BCUT2D eigenvalue weighted by atomic mass is 16.6. The summed E-state index contributed by atoms with van der Waals surface area (Å²) in [5, 5.41) is 0. The van der Waals surface area contributed by atoms with Crippen molar-refractivity contribution >= 4 is 5.91 Å². The van der Waals surface area contributed by atoms with E-state index in [2.05, 4.69) is 40.7 Å². The summed E-state index contributed by atoms with van der Waals surface area (Å²) >= 11 is 0. The molecule has 0 radical (unpaired) electrons. The molecule has 1 amide bonds. The smallest absolute Gasteiger partial charge is 0.222 e. The number of amides is 1. The Balaban J connectivity index is 1.52. The number of carbonyl (C=O) groups is 1. The number of likely N-dealkylation sites (N-methyl/N-ethyl adjacent to an activating group) is 2. The standard InChI is InChI=1S/C21H40N4O4/c1-22-6-5-17(12-22)11-21(26)25-8-7-24(3)19(14-25)20-15-23(2)13-18(29-20)16-28-10-9-27-4/h17-20H,5-16H2,1-4H3. The number of morpholine rings is 1. The van der Waals surface area contributed by atoms with Crippen molar-refractivity contribution < 1.29 is 19.0 Å². The summed E-state index contributed by atoms with van der Waals surface area (Å²) < 4.78 is 17.2. The van der Waals surface area contributed by atoms with Crippen molar-refractivity contribution in [1.29, 1.82) is 0 Å². The average molecular weight is 413 g/mol. The third-order valence-electron chi connectivity index (χ3n) is 6.54. The molecule has 3 aliphatic rings. The Morgan fingerprint density at radius 1 is 1.00 bits per heavy atom. The first-order valence-corrected chi connectivity index (χ1v) is 11.0. The van der Waals surface area contributed by atoms with Crippen LogP contribution in [-0.2, 0) is 19.0 Å². The van der Waals surface area contributed by atoms with E-state index < -0.39 is 0 Å². The van der Waals surface area contributed by atoms with Gasteiger partial charge in [0.1, 0.15) is 0 Å². The number of piperazine rings is 1. The maximum Gasteiger partial charge on any atom is 0.222 e. The zero-order valence-electron chi connectivity index (χ0n) is 18.7. The first-order valence-electron chi connectivity index (χ1n) is 11.0. The summed E-state index contributed by atoms with van der Waals surface area (Å²) in [7, 11) is 8.12. The second-order valence-electron chi connectivity index (χ2n) is 9.09. The van der Waals surface area contributed by atoms with Crippen molar-refractivity contribution in [2.45, 2.75) is 31.1 Å². The van der Waals surface area contributed by atoms with E-state index in [1.807, 2.05) is 0 Å². The van der Waals surface area contributed by atoms with Gasteiger partial charge in [-0.3, -0.25) is 9.69 Å². The number of rotatable bonds is 8. The minimum Gasteiger partial charge on any atom is -0.382 e. The van der Waals surface area contributed by atoms with Gasteiger partial charge in [-0.15, -0.1) is 0 Å². The zero-order valence-corrected chi connectivity index (χ0v) is 18.7. The van der Waals surface area contributed by atoms with Crippen molar-refractivity contribution in [3.8, 4) is 0 Å². The Morgan fingerprint density at radius 2 is 1.83 bits per heavy atom. The number of carbonyl (C=O) groups excluding carboxylic acids is 1. The SMILES string of the molecule is COCCOCC1CN(C)CC(C2CN(C(=O)CC3CCN(C)C3)CCN2C)O1. The van der Waals surface area contributed by atoms with Crippen LogP contribution in [0, 0.1) is 5.92 Å². The molecular weight excluding hydrogens is 372 g/mol.